The SMILES string of the molecule is CCC(=O)C(C[C@@H](C)[C@H]1CC[C@H]2[C@@H]3CCC4CCCC[C@]4(C)[C@H]3CC[C@]12C)C(=O)O. The van der Waals surface area contributed by atoms with Gasteiger partial charge in [0.05, 0.1) is 0 Å². The van der Waals surface area contributed by atoms with Gasteiger partial charge >= 0.3 is 5.97 Å². The average molecular weight is 417 g/mol. The molecule has 0 bridgehead atoms. The van der Waals surface area contributed by atoms with E-state index in [2.05, 4.69) is 20.8 Å². The Morgan fingerprint density at radius 2 is 1.67 bits per heavy atom. The normalized spacial score (nSPS) is 45.0. The number of carbonyl (C=O) groups is 2. The summed E-state index contributed by atoms with van der Waals surface area (Å²) in [4.78, 5) is 24.0. The largest absolute Gasteiger partial charge is 0.481 e. The number of hydrogen-bond acceptors (Lipinski definition) is 2. The van der Waals surface area contributed by atoms with Crippen LogP contribution < -0.4 is 0 Å². The Balaban J connectivity index is 1.51. The minimum atomic E-state index is -0.916. The number of fused-ring (bicyclic) bond motifs is 5. The van der Waals surface area contributed by atoms with E-state index in [1.54, 1.807) is 6.92 Å². The van der Waals surface area contributed by atoms with Gasteiger partial charge in [-0.2, -0.15) is 0 Å². The molecule has 0 aromatic rings. The zero-order chi connectivity index (χ0) is 21.7. The Bertz CT molecular complexity index is 671. The van der Waals surface area contributed by atoms with E-state index in [0.29, 0.717) is 35.5 Å². The van der Waals surface area contributed by atoms with Crippen LogP contribution in [-0.2, 0) is 9.59 Å². The zero-order valence-electron chi connectivity index (χ0n) is 19.8. The zero-order valence-corrected chi connectivity index (χ0v) is 19.8. The Morgan fingerprint density at radius 1 is 0.933 bits per heavy atom. The van der Waals surface area contributed by atoms with E-state index in [-0.39, 0.29) is 5.78 Å². The molecule has 4 aliphatic rings. The molecule has 0 aromatic heterocycles. The fourth-order valence-electron chi connectivity index (χ4n) is 9.42. The number of ketones is 1. The maximum atomic E-state index is 12.2. The van der Waals surface area contributed by atoms with Crippen LogP contribution in [0.3, 0.4) is 0 Å². The molecule has 9 atom stereocenters. The van der Waals surface area contributed by atoms with Gasteiger partial charge in [0.2, 0.25) is 0 Å². The van der Waals surface area contributed by atoms with Crippen LogP contribution in [0.25, 0.3) is 0 Å². The van der Waals surface area contributed by atoms with Crippen LogP contribution >= 0.6 is 0 Å². The lowest BCUT2D eigenvalue weighted by Gasteiger charge is -2.61. The van der Waals surface area contributed by atoms with Gasteiger partial charge in [-0.25, -0.2) is 0 Å². The summed E-state index contributed by atoms with van der Waals surface area (Å²) in [7, 11) is 0. The van der Waals surface area contributed by atoms with Crippen molar-refractivity contribution in [3.05, 3.63) is 0 Å². The highest BCUT2D eigenvalue weighted by atomic mass is 16.4. The number of carboxylic acid groups (broad SMARTS) is 1. The summed E-state index contributed by atoms with van der Waals surface area (Å²) >= 11 is 0. The Labute approximate surface area is 183 Å². The van der Waals surface area contributed by atoms with Crippen LogP contribution in [0.15, 0.2) is 0 Å². The maximum absolute atomic E-state index is 12.2. The molecule has 170 valence electrons. The van der Waals surface area contributed by atoms with E-state index < -0.39 is 11.9 Å². The first kappa shape index (κ1) is 22.3. The molecular formula is C27H44O3. The van der Waals surface area contributed by atoms with E-state index in [4.69, 9.17) is 0 Å². The van der Waals surface area contributed by atoms with Gasteiger partial charge in [0.1, 0.15) is 11.7 Å². The summed E-state index contributed by atoms with van der Waals surface area (Å²) < 4.78 is 0. The lowest BCUT2D eigenvalue weighted by molar-refractivity contribution is -0.147. The molecule has 4 rings (SSSR count). The predicted octanol–water partition coefficient (Wildman–Crippen LogP) is 6.74. The summed E-state index contributed by atoms with van der Waals surface area (Å²) in [5, 5.41) is 9.64. The Kier molecular flexibility index (Phi) is 6.14. The summed E-state index contributed by atoms with van der Waals surface area (Å²) in [5.41, 5.74) is 0.922. The fraction of sp³-hybridized carbons (Fsp3) is 0.926. The molecule has 30 heavy (non-hydrogen) atoms. The summed E-state index contributed by atoms with van der Waals surface area (Å²) in [6.07, 6.45) is 14.8. The molecule has 2 unspecified atom stereocenters. The third kappa shape index (κ3) is 3.47. The molecule has 0 saturated heterocycles. The molecule has 1 N–H and O–H groups in total. The van der Waals surface area contributed by atoms with E-state index in [1.165, 1.54) is 64.2 Å². The number of carboxylic acids is 1. The standard InChI is InChI=1S/C27H44O3/c1-5-24(28)20(25(29)30)16-17(2)21-11-12-22-19-10-9-18-8-6-7-14-26(18,3)23(19)13-15-27(21,22)4/h17-23H,5-16H2,1-4H3,(H,29,30)/t17-,18?,19+,20?,21-,22+,23+,26+,27-/m1/s1. The number of hydrogen-bond donors (Lipinski definition) is 1. The Morgan fingerprint density at radius 3 is 2.37 bits per heavy atom. The van der Waals surface area contributed by atoms with Crippen molar-refractivity contribution in [1.82, 2.24) is 0 Å². The summed E-state index contributed by atoms with van der Waals surface area (Å²) in [6, 6.07) is 0. The summed E-state index contributed by atoms with van der Waals surface area (Å²) in [5.74, 6) is 2.65. The third-order valence-corrected chi connectivity index (χ3v) is 11.0. The average Bonchev–Trinajstić information content (AvgIpc) is 3.08. The molecule has 0 aromatic carbocycles. The van der Waals surface area contributed by atoms with Crippen LogP contribution in [0.5, 0.6) is 0 Å². The van der Waals surface area contributed by atoms with E-state index in [1.807, 2.05) is 0 Å². The van der Waals surface area contributed by atoms with Gasteiger partial charge in [0.25, 0.3) is 0 Å². The van der Waals surface area contributed by atoms with Crippen molar-refractivity contribution in [3.63, 3.8) is 0 Å². The second-order valence-electron chi connectivity index (χ2n) is 12.1. The Hall–Kier alpha value is -0.860. The highest BCUT2D eigenvalue weighted by Crippen LogP contribution is 2.68. The molecule has 0 amide bonds. The first-order valence-electron chi connectivity index (χ1n) is 13.0. The van der Waals surface area contributed by atoms with Gasteiger partial charge in [-0.1, -0.05) is 40.5 Å². The van der Waals surface area contributed by atoms with Crippen molar-refractivity contribution in [2.24, 2.45) is 52.3 Å². The molecule has 0 spiro atoms. The van der Waals surface area contributed by atoms with E-state index in [9.17, 15) is 14.7 Å². The highest BCUT2D eigenvalue weighted by molar-refractivity contribution is 5.98. The molecule has 4 saturated carbocycles. The fourth-order valence-corrected chi connectivity index (χ4v) is 9.42. The van der Waals surface area contributed by atoms with Crippen molar-refractivity contribution < 1.29 is 14.7 Å². The van der Waals surface area contributed by atoms with Crippen LogP contribution in [0.1, 0.15) is 105 Å². The molecule has 4 fully saturated rings. The van der Waals surface area contributed by atoms with E-state index in [0.717, 1.165) is 23.7 Å². The maximum Gasteiger partial charge on any atom is 0.314 e. The molecule has 0 heterocycles. The van der Waals surface area contributed by atoms with Crippen molar-refractivity contribution >= 4 is 11.8 Å². The molecule has 3 nitrogen and oxygen atoms in total. The van der Waals surface area contributed by atoms with Crippen LogP contribution in [-0.4, -0.2) is 16.9 Å². The lowest BCUT2D eigenvalue weighted by atomic mass is 9.44. The molecule has 4 aliphatic carbocycles. The topological polar surface area (TPSA) is 54.4 Å². The molecule has 0 radical (unpaired) electrons. The number of rotatable bonds is 6. The van der Waals surface area contributed by atoms with E-state index >= 15 is 0 Å². The quantitative estimate of drug-likeness (QED) is 0.488. The number of Topliss-reactive ketones (excluding diaryl/α,β-unsaturated/α-hetero) is 1. The van der Waals surface area contributed by atoms with Crippen molar-refractivity contribution in [2.45, 2.75) is 105 Å². The number of carbonyl (C=O) groups excluding carboxylic acids is 1. The second-order valence-corrected chi connectivity index (χ2v) is 12.1. The van der Waals surface area contributed by atoms with Crippen molar-refractivity contribution in [3.8, 4) is 0 Å². The third-order valence-electron chi connectivity index (χ3n) is 11.0. The van der Waals surface area contributed by atoms with Crippen LogP contribution in [0.2, 0.25) is 0 Å². The smallest absolute Gasteiger partial charge is 0.314 e. The van der Waals surface area contributed by atoms with Gasteiger partial charge in [-0.3, -0.25) is 9.59 Å². The predicted molar refractivity (Wildman–Crippen MR) is 120 cm³/mol. The summed E-state index contributed by atoms with van der Waals surface area (Å²) in [6.45, 7) is 9.20. The lowest BCUT2D eigenvalue weighted by Crippen LogP contribution is -2.53. The van der Waals surface area contributed by atoms with Gasteiger partial charge in [0, 0.05) is 6.42 Å². The minimum absolute atomic E-state index is 0.0960. The first-order chi connectivity index (χ1) is 14.2. The van der Waals surface area contributed by atoms with Gasteiger partial charge < -0.3 is 5.11 Å². The minimum Gasteiger partial charge on any atom is -0.481 e. The molecular weight excluding hydrogens is 372 g/mol. The van der Waals surface area contributed by atoms with Gasteiger partial charge in [-0.15, -0.1) is 0 Å². The van der Waals surface area contributed by atoms with Gasteiger partial charge in [-0.05, 0) is 104 Å². The monoisotopic (exact) mass is 416 g/mol. The van der Waals surface area contributed by atoms with Crippen LogP contribution in [0.4, 0.5) is 0 Å². The number of aliphatic carboxylic acids is 1. The van der Waals surface area contributed by atoms with Crippen LogP contribution in [0, 0.1) is 52.3 Å². The highest BCUT2D eigenvalue weighted by Gasteiger charge is 2.60. The molecule has 3 heteroatoms. The molecule has 0 aliphatic heterocycles. The van der Waals surface area contributed by atoms with Crippen molar-refractivity contribution in [1.29, 1.82) is 0 Å². The second kappa shape index (κ2) is 8.24. The first-order valence-corrected chi connectivity index (χ1v) is 13.0. The van der Waals surface area contributed by atoms with Gasteiger partial charge in [0.15, 0.2) is 0 Å². The van der Waals surface area contributed by atoms with Crippen molar-refractivity contribution in [2.75, 3.05) is 0 Å².